The first kappa shape index (κ1) is 12.3. The van der Waals surface area contributed by atoms with Gasteiger partial charge in [0.25, 0.3) is 0 Å². The lowest BCUT2D eigenvalue weighted by molar-refractivity contribution is 0.0484. The molecule has 0 spiro atoms. The molecule has 1 rings (SSSR count). The predicted molar refractivity (Wildman–Crippen MR) is 59.5 cm³/mol. The molecular weight excluding hydrogens is 192 g/mol. The summed E-state index contributed by atoms with van der Waals surface area (Å²) in [5.41, 5.74) is 5.76. The molecule has 0 saturated carbocycles. The van der Waals surface area contributed by atoms with Crippen molar-refractivity contribution in [1.29, 1.82) is 0 Å². The number of amides is 1. The van der Waals surface area contributed by atoms with E-state index in [0.717, 1.165) is 19.4 Å². The zero-order valence-corrected chi connectivity index (χ0v) is 9.90. The van der Waals surface area contributed by atoms with E-state index in [1.54, 1.807) is 0 Å². The maximum absolute atomic E-state index is 11.6. The summed E-state index contributed by atoms with van der Waals surface area (Å²) in [6, 6.07) is 0.233. The summed E-state index contributed by atoms with van der Waals surface area (Å²) in [4.78, 5) is 13.4. The molecule has 15 heavy (non-hydrogen) atoms. The van der Waals surface area contributed by atoms with E-state index in [9.17, 15) is 4.79 Å². The molecule has 0 bridgehead atoms. The van der Waals surface area contributed by atoms with E-state index in [1.807, 2.05) is 4.90 Å². The number of likely N-dealkylation sites (tertiary alicyclic amines) is 1. The minimum Gasteiger partial charge on any atom is -0.453 e. The van der Waals surface area contributed by atoms with Crippen molar-refractivity contribution in [1.82, 2.24) is 4.90 Å². The molecule has 4 nitrogen and oxygen atoms in total. The van der Waals surface area contributed by atoms with Crippen molar-refractivity contribution < 1.29 is 9.53 Å². The Labute approximate surface area is 91.8 Å². The third-order valence-electron chi connectivity index (χ3n) is 3.21. The normalized spacial score (nSPS) is 26.9. The van der Waals surface area contributed by atoms with Gasteiger partial charge in [-0.05, 0) is 31.2 Å². The van der Waals surface area contributed by atoms with Gasteiger partial charge >= 0.3 is 6.09 Å². The number of methoxy groups -OCH3 is 1. The number of piperidine rings is 1. The Balaban J connectivity index is 2.78. The Morgan fingerprint density at radius 3 is 2.73 bits per heavy atom. The van der Waals surface area contributed by atoms with Crippen LogP contribution in [0.4, 0.5) is 4.79 Å². The highest BCUT2D eigenvalue weighted by Crippen LogP contribution is 2.28. The van der Waals surface area contributed by atoms with E-state index in [-0.39, 0.29) is 12.1 Å². The Bertz CT molecular complexity index is 219. The maximum Gasteiger partial charge on any atom is 0.409 e. The molecule has 1 saturated heterocycles. The molecule has 1 amide bonds. The fourth-order valence-corrected chi connectivity index (χ4v) is 2.59. The predicted octanol–water partition coefficient (Wildman–Crippen LogP) is 1.45. The van der Waals surface area contributed by atoms with Crippen LogP contribution in [-0.2, 0) is 4.74 Å². The van der Waals surface area contributed by atoms with Crippen LogP contribution in [0, 0.1) is 11.8 Å². The standard InChI is InChI=1S/C11H22N2O2/c1-8(2)10-9(7-12)5-4-6-13(10)11(14)15-3/h8-10H,4-7,12H2,1-3H3. The van der Waals surface area contributed by atoms with Crippen LogP contribution < -0.4 is 5.73 Å². The second kappa shape index (κ2) is 5.35. The van der Waals surface area contributed by atoms with E-state index >= 15 is 0 Å². The zero-order valence-electron chi connectivity index (χ0n) is 9.90. The number of nitrogens with zero attached hydrogens (tertiary/aromatic N) is 1. The minimum atomic E-state index is -0.216. The molecular formula is C11H22N2O2. The second-order valence-corrected chi connectivity index (χ2v) is 4.54. The van der Waals surface area contributed by atoms with Gasteiger partial charge in [0.15, 0.2) is 0 Å². The summed E-state index contributed by atoms with van der Waals surface area (Å²) in [6.07, 6.45) is 1.93. The van der Waals surface area contributed by atoms with Crippen molar-refractivity contribution in [2.24, 2.45) is 17.6 Å². The summed E-state index contributed by atoms with van der Waals surface area (Å²) in [5.74, 6) is 0.843. The van der Waals surface area contributed by atoms with Crippen molar-refractivity contribution in [3.8, 4) is 0 Å². The smallest absolute Gasteiger partial charge is 0.409 e. The molecule has 4 heteroatoms. The third kappa shape index (κ3) is 2.62. The van der Waals surface area contributed by atoms with Crippen LogP contribution in [0.2, 0.25) is 0 Å². The van der Waals surface area contributed by atoms with Gasteiger partial charge < -0.3 is 15.4 Å². The SMILES string of the molecule is COC(=O)N1CCCC(CN)C1C(C)C. The monoisotopic (exact) mass is 214 g/mol. The molecule has 2 atom stereocenters. The van der Waals surface area contributed by atoms with Gasteiger partial charge in [-0.15, -0.1) is 0 Å². The number of carbonyl (C=O) groups is 1. The molecule has 1 heterocycles. The lowest BCUT2D eigenvalue weighted by atomic mass is 9.83. The van der Waals surface area contributed by atoms with Crippen LogP contribution in [-0.4, -0.2) is 37.2 Å². The third-order valence-corrected chi connectivity index (χ3v) is 3.21. The maximum atomic E-state index is 11.6. The average molecular weight is 214 g/mol. The van der Waals surface area contributed by atoms with Gasteiger partial charge in [-0.3, -0.25) is 0 Å². The number of ether oxygens (including phenoxy) is 1. The van der Waals surface area contributed by atoms with Crippen molar-refractivity contribution in [2.75, 3.05) is 20.2 Å². The van der Waals surface area contributed by atoms with Crippen LogP contribution in [0.5, 0.6) is 0 Å². The molecule has 2 unspecified atom stereocenters. The van der Waals surface area contributed by atoms with Gasteiger partial charge in [0.05, 0.1) is 7.11 Å². The van der Waals surface area contributed by atoms with Gasteiger partial charge in [-0.25, -0.2) is 4.79 Å². The average Bonchev–Trinajstić information content (AvgIpc) is 2.26. The molecule has 0 aromatic carbocycles. The van der Waals surface area contributed by atoms with Crippen LogP contribution in [0.15, 0.2) is 0 Å². The lowest BCUT2D eigenvalue weighted by Gasteiger charge is -2.42. The molecule has 0 aliphatic carbocycles. The summed E-state index contributed by atoms with van der Waals surface area (Å²) in [7, 11) is 1.44. The van der Waals surface area contributed by atoms with Crippen molar-refractivity contribution in [2.45, 2.75) is 32.7 Å². The first-order valence-electron chi connectivity index (χ1n) is 5.66. The van der Waals surface area contributed by atoms with Crippen LogP contribution >= 0.6 is 0 Å². The van der Waals surface area contributed by atoms with Gasteiger partial charge in [0.2, 0.25) is 0 Å². The van der Waals surface area contributed by atoms with Gasteiger partial charge in [0, 0.05) is 12.6 Å². The minimum absolute atomic E-state index is 0.216. The van der Waals surface area contributed by atoms with E-state index in [1.165, 1.54) is 7.11 Å². The number of rotatable bonds is 2. The van der Waals surface area contributed by atoms with Gasteiger partial charge in [-0.1, -0.05) is 13.8 Å². The van der Waals surface area contributed by atoms with E-state index in [4.69, 9.17) is 10.5 Å². The van der Waals surface area contributed by atoms with E-state index in [2.05, 4.69) is 13.8 Å². The lowest BCUT2D eigenvalue weighted by Crippen LogP contribution is -2.52. The fourth-order valence-electron chi connectivity index (χ4n) is 2.59. The molecule has 2 N–H and O–H groups in total. The zero-order chi connectivity index (χ0) is 11.4. The molecule has 88 valence electrons. The highest BCUT2D eigenvalue weighted by atomic mass is 16.5. The molecule has 1 aliphatic rings. The summed E-state index contributed by atoms with van der Waals surface area (Å²) >= 11 is 0. The highest BCUT2D eigenvalue weighted by Gasteiger charge is 2.35. The molecule has 1 aliphatic heterocycles. The largest absolute Gasteiger partial charge is 0.453 e. The Morgan fingerprint density at radius 2 is 2.27 bits per heavy atom. The second-order valence-electron chi connectivity index (χ2n) is 4.54. The molecule has 0 aromatic rings. The Hall–Kier alpha value is -0.770. The number of hydrogen-bond donors (Lipinski definition) is 1. The van der Waals surface area contributed by atoms with Gasteiger partial charge in [-0.2, -0.15) is 0 Å². The molecule has 0 aromatic heterocycles. The number of nitrogens with two attached hydrogens (primary N) is 1. The van der Waals surface area contributed by atoms with Crippen molar-refractivity contribution >= 4 is 6.09 Å². The van der Waals surface area contributed by atoms with Crippen molar-refractivity contribution in [3.63, 3.8) is 0 Å². The Morgan fingerprint density at radius 1 is 1.60 bits per heavy atom. The van der Waals surface area contributed by atoms with E-state index in [0.29, 0.717) is 18.4 Å². The fraction of sp³-hybridized carbons (Fsp3) is 0.909. The van der Waals surface area contributed by atoms with E-state index < -0.39 is 0 Å². The quantitative estimate of drug-likeness (QED) is 0.757. The van der Waals surface area contributed by atoms with Crippen LogP contribution in [0.25, 0.3) is 0 Å². The van der Waals surface area contributed by atoms with Gasteiger partial charge in [0.1, 0.15) is 0 Å². The van der Waals surface area contributed by atoms with Crippen LogP contribution in [0.1, 0.15) is 26.7 Å². The highest BCUT2D eigenvalue weighted by molar-refractivity contribution is 5.68. The molecule has 1 fully saturated rings. The summed E-state index contributed by atoms with van der Waals surface area (Å²) < 4.78 is 4.81. The summed E-state index contributed by atoms with van der Waals surface area (Å²) in [5, 5.41) is 0. The Kier molecular flexibility index (Phi) is 4.39. The number of carbonyl (C=O) groups excluding carboxylic acids is 1. The van der Waals surface area contributed by atoms with Crippen LogP contribution in [0.3, 0.4) is 0 Å². The first-order valence-corrected chi connectivity index (χ1v) is 5.66. The first-order chi connectivity index (χ1) is 7.11. The summed E-state index contributed by atoms with van der Waals surface area (Å²) in [6.45, 7) is 5.71. The number of hydrogen-bond acceptors (Lipinski definition) is 3. The topological polar surface area (TPSA) is 55.6 Å². The molecule has 0 radical (unpaired) electrons. The van der Waals surface area contributed by atoms with Crippen molar-refractivity contribution in [3.05, 3.63) is 0 Å².